The Hall–Kier alpha value is -0.510. The standard InChI is InChI=1S/C9H8Cl3N3/c1-2-3-5-7(11)8(12)9-13-6(10)4-15(9)14-5/h4H,2-3H2,1H3. The second-order valence-corrected chi connectivity index (χ2v) is 4.30. The Morgan fingerprint density at radius 1 is 1.27 bits per heavy atom. The van der Waals surface area contributed by atoms with Gasteiger partial charge in [0.05, 0.1) is 16.9 Å². The van der Waals surface area contributed by atoms with Gasteiger partial charge in [0.25, 0.3) is 0 Å². The predicted molar refractivity (Wildman–Crippen MR) is 62.0 cm³/mol. The molecule has 0 saturated heterocycles. The summed E-state index contributed by atoms with van der Waals surface area (Å²) in [5.74, 6) is 0. The van der Waals surface area contributed by atoms with Crippen LogP contribution in [0.25, 0.3) is 5.65 Å². The minimum absolute atomic E-state index is 0.356. The molecule has 2 aromatic heterocycles. The van der Waals surface area contributed by atoms with Crippen molar-refractivity contribution in [3.63, 3.8) is 0 Å². The van der Waals surface area contributed by atoms with Crippen molar-refractivity contribution >= 4 is 40.4 Å². The third-order valence-corrected chi connectivity index (χ3v) is 3.06. The van der Waals surface area contributed by atoms with Gasteiger partial charge in [-0.15, -0.1) is 0 Å². The molecule has 0 amide bonds. The maximum atomic E-state index is 6.07. The lowest BCUT2D eigenvalue weighted by atomic mass is 10.2. The molecule has 0 aliphatic rings. The molecular weight excluding hydrogens is 256 g/mol. The van der Waals surface area contributed by atoms with Crippen LogP contribution in [-0.2, 0) is 6.42 Å². The zero-order valence-electron chi connectivity index (χ0n) is 7.97. The van der Waals surface area contributed by atoms with Gasteiger partial charge in [-0.1, -0.05) is 48.1 Å². The molecule has 0 aromatic carbocycles. The number of aromatic nitrogens is 3. The largest absolute Gasteiger partial charge is 0.218 e. The van der Waals surface area contributed by atoms with Gasteiger partial charge in [-0.05, 0) is 6.42 Å². The van der Waals surface area contributed by atoms with Crippen LogP contribution in [0.5, 0.6) is 0 Å². The van der Waals surface area contributed by atoms with E-state index in [-0.39, 0.29) is 0 Å². The van der Waals surface area contributed by atoms with E-state index in [9.17, 15) is 0 Å². The van der Waals surface area contributed by atoms with Crippen LogP contribution in [0.3, 0.4) is 0 Å². The van der Waals surface area contributed by atoms with E-state index in [1.165, 1.54) is 0 Å². The summed E-state index contributed by atoms with van der Waals surface area (Å²) in [5, 5.41) is 5.53. The van der Waals surface area contributed by atoms with E-state index in [1.54, 1.807) is 10.7 Å². The molecule has 0 fully saturated rings. The molecule has 2 aromatic rings. The summed E-state index contributed by atoms with van der Waals surface area (Å²) in [6.45, 7) is 2.05. The molecule has 0 saturated carbocycles. The molecule has 0 N–H and O–H groups in total. The van der Waals surface area contributed by atoms with Crippen molar-refractivity contribution in [2.45, 2.75) is 19.8 Å². The lowest BCUT2D eigenvalue weighted by Crippen LogP contribution is -1.99. The van der Waals surface area contributed by atoms with Gasteiger partial charge in [0.15, 0.2) is 5.65 Å². The fraction of sp³-hybridized carbons (Fsp3) is 0.333. The Balaban J connectivity index is 2.70. The van der Waals surface area contributed by atoms with E-state index in [2.05, 4.69) is 17.0 Å². The van der Waals surface area contributed by atoms with E-state index in [0.717, 1.165) is 18.5 Å². The van der Waals surface area contributed by atoms with Gasteiger partial charge in [0.1, 0.15) is 10.2 Å². The predicted octanol–water partition coefficient (Wildman–Crippen LogP) is 3.64. The number of hydrogen-bond acceptors (Lipinski definition) is 2. The molecule has 2 rings (SSSR count). The SMILES string of the molecule is CCCc1nn2cc(Cl)nc2c(Cl)c1Cl. The molecule has 6 heteroatoms. The number of fused-ring (bicyclic) bond motifs is 1. The van der Waals surface area contributed by atoms with Gasteiger partial charge in [0, 0.05) is 0 Å². The third kappa shape index (κ3) is 1.92. The van der Waals surface area contributed by atoms with Crippen LogP contribution in [0.4, 0.5) is 0 Å². The van der Waals surface area contributed by atoms with Crippen molar-refractivity contribution in [1.29, 1.82) is 0 Å². The number of imidazole rings is 1. The van der Waals surface area contributed by atoms with Gasteiger partial charge < -0.3 is 0 Å². The first kappa shape index (κ1) is 11.0. The molecule has 0 radical (unpaired) electrons. The number of aryl methyl sites for hydroxylation is 1. The van der Waals surface area contributed by atoms with Gasteiger partial charge >= 0.3 is 0 Å². The zero-order valence-corrected chi connectivity index (χ0v) is 10.2. The van der Waals surface area contributed by atoms with Crippen LogP contribution >= 0.6 is 34.8 Å². The third-order valence-electron chi connectivity index (χ3n) is 2.02. The molecule has 0 spiro atoms. The number of halogens is 3. The summed E-state index contributed by atoms with van der Waals surface area (Å²) >= 11 is 17.9. The molecule has 0 aliphatic carbocycles. The molecule has 15 heavy (non-hydrogen) atoms. The molecular formula is C9H8Cl3N3. The van der Waals surface area contributed by atoms with E-state index in [1.807, 2.05) is 0 Å². The second-order valence-electron chi connectivity index (χ2n) is 3.16. The number of nitrogens with zero attached hydrogens (tertiary/aromatic N) is 3. The van der Waals surface area contributed by atoms with Crippen LogP contribution in [-0.4, -0.2) is 14.6 Å². The Kier molecular flexibility index (Phi) is 3.05. The molecule has 0 atom stereocenters. The fourth-order valence-electron chi connectivity index (χ4n) is 1.36. The van der Waals surface area contributed by atoms with Gasteiger partial charge in [-0.3, -0.25) is 0 Å². The van der Waals surface area contributed by atoms with Crippen LogP contribution < -0.4 is 0 Å². The van der Waals surface area contributed by atoms with Crippen molar-refractivity contribution in [2.75, 3.05) is 0 Å². The molecule has 0 bridgehead atoms. The van der Waals surface area contributed by atoms with Crippen molar-refractivity contribution < 1.29 is 0 Å². The molecule has 80 valence electrons. The number of rotatable bonds is 2. The summed E-state index contributed by atoms with van der Waals surface area (Å²) in [5.41, 5.74) is 1.26. The highest BCUT2D eigenvalue weighted by Crippen LogP contribution is 2.29. The minimum atomic E-state index is 0.356. The average molecular weight is 265 g/mol. The lowest BCUT2D eigenvalue weighted by molar-refractivity contribution is 0.810. The first-order valence-electron chi connectivity index (χ1n) is 4.52. The molecule has 0 unspecified atom stereocenters. The average Bonchev–Trinajstić information content (AvgIpc) is 2.56. The maximum Gasteiger partial charge on any atom is 0.175 e. The highest BCUT2D eigenvalue weighted by atomic mass is 35.5. The Morgan fingerprint density at radius 3 is 2.67 bits per heavy atom. The number of hydrogen-bond donors (Lipinski definition) is 0. The quantitative estimate of drug-likeness (QED) is 0.829. The van der Waals surface area contributed by atoms with E-state index < -0.39 is 0 Å². The van der Waals surface area contributed by atoms with Crippen molar-refractivity contribution in [2.24, 2.45) is 0 Å². The van der Waals surface area contributed by atoms with E-state index >= 15 is 0 Å². The Bertz CT molecular complexity index is 507. The van der Waals surface area contributed by atoms with Crippen molar-refractivity contribution in [3.8, 4) is 0 Å². The highest BCUT2D eigenvalue weighted by Gasteiger charge is 2.13. The highest BCUT2D eigenvalue weighted by molar-refractivity contribution is 6.44. The lowest BCUT2D eigenvalue weighted by Gasteiger charge is -2.04. The Morgan fingerprint density at radius 2 is 2.00 bits per heavy atom. The van der Waals surface area contributed by atoms with Gasteiger partial charge in [-0.25, -0.2) is 9.50 Å². The maximum absolute atomic E-state index is 6.07. The fourth-order valence-corrected chi connectivity index (χ4v) is 1.99. The Labute approximate surface area is 102 Å². The van der Waals surface area contributed by atoms with Crippen LogP contribution in [0.2, 0.25) is 15.2 Å². The van der Waals surface area contributed by atoms with Crippen molar-refractivity contribution in [3.05, 3.63) is 27.1 Å². The summed E-state index contributed by atoms with van der Waals surface area (Å²) in [6.07, 6.45) is 3.35. The second kappa shape index (κ2) is 4.16. The van der Waals surface area contributed by atoms with E-state index in [4.69, 9.17) is 34.8 Å². The van der Waals surface area contributed by atoms with Crippen LogP contribution in [0.15, 0.2) is 6.20 Å². The summed E-state index contributed by atoms with van der Waals surface area (Å²) in [7, 11) is 0. The minimum Gasteiger partial charge on any atom is -0.218 e. The first-order valence-corrected chi connectivity index (χ1v) is 5.65. The van der Waals surface area contributed by atoms with E-state index in [0.29, 0.717) is 20.8 Å². The zero-order chi connectivity index (χ0) is 11.0. The summed E-state index contributed by atoms with van der Waals surface area (Å²) in [6, 6.07) is 0. The summed E-state index contributed by atoms with van der Waals surface area (Å²) < 4.78 is 1.56. The van der Waals surface area contributed by atoms with Gasteiger partial charge in [-0.2, -0.15) is 5.10 Å². The van der Waals surface area contributed by atoms with Crippen molar-refractivity contribution in [1.82, 2.24) is 14.6 Å². The van der Waals surface area contributed by atoms with Crippen LogP contribution in [0.1, 0.15) is 19.0 Å². The van der Waals surface area contributed by atoms with Crippen LogP contribution in [0, 0.1) is 0 Å². The normalized spacial score (nSPS) is 11.2. The first-order chi connectivity index (χ1) is 7.13. The molecule has 0 aliphatic heterocycles. The molecule has 2 heterocycles. The monoisotopic (exact) mass is 263 g/mol. The summed E-state index contributed by atoms with van der Waals surface area (Å²) in [4.78, 5) is 4.02. The topological polar surface area (TPSA) is 30.2 Å². The smallest absolute Gasteiger partial charge is 0.175 e. The van der Waals surface area contributed by atoms with Gasteiger partial charge in [0.2, 0.25) is 0 Å². The molecule has 3 nitrogen and oxygen atoms in total.